The first-order chi connectivity index (χ1) is 5.47. The van der Waals surface area contributed by atoms with E-state index in [2.05, 4.69) is 19.8 Å². The van der Waals surface area contributed by atoms with Gasteiger partial charge in [-0.05, 0) is 0 Å². The molecule has 0 N–H and O–H groups in total. The molecule has 1 aliphatic heterocycles. The zero-order valence-electron chi connectivity index (χ0n) is 6.47. The molecular formula is C6H10ClN3O2. The van der Waals surface area contributed by atoms with Crippen molar-refractivity contribution in [2.24, 2.45) is 0 Å². The van der Waals surface area contributed by atoms with Crippen LogP contribution < -0.4 is 4.90 Å². The van der Waals surface area contributed by atoms with E-state index in [1.807, 2.05) is 0 Å². The number of aromatic nitrogens is 2. The van der Waals surface area contributed by atoms with E-state index in [0.29, 0.717) is 0 Å². The molecule has 12 heavy (non-hydrogen) atoms. The van der Waals surface area contributed by atoms with Crippen LogP contribution in [0, 0.1) is 0 Å². The van der Waals surface area contributed by atoms with Gasteiger partial charge in [-0.15, -0.1) is 12.4 Å². The summed E-state index contributed by atoms with van der Waals surface area (Å²) in [7, 11) is 0. The number of anilines is 1. The second-order valence-corrected chi connectivity index (χ2v) is 2.36. The van der Waals surface area contributed by atoms with E-state index >= 15 is 0 Å². The van der Waals surface area contributed by atoms with Gasteiger partial charge in [-0.3, -0.25) is 0 Å². The fourth-order valence-electron chi connectivity index (χ4n) is 1.09. The number of nitrogens with zero attached hydrogens (tertiary/aromatic N) is 3. The van der Waals surface area contributed by atoms with Gasteiger partial charge in [-0.2, -0.15) is 0 Å². The molecule has 0 aliphatic carbocycles. The third-order valence-corrected chi connectivity index (χ3v) is 1.68. The van der Waals surface area contributed by atoms with Gasteiger partial charge in [-0.1, -0.05) is 5.10 Å². The lowest BCUT2D eigenvalue weighted by atomic mass is 10.4. The van der Waals surface area contributed by atoms with E-state index in [1.54, 1.807) is 6.26 Å². The molecule has 0 radical (unpaired) electrons. The van der Waals surface area contributed by atoms with Gasteiger partial charge in [0.25, 0.3) is 0 Å². The third kappa shape index (κ3) is 1.86. The molecule has 1 fully saturated rings. The first kappa shape index (κ1) is 9.28. The largest absolute Gasteiger partial charge is 0.378 e. The molecule has 0 aromatic carbocycles. The summed E-state index contributed by atoms with van der Waals surface area (Å²) in [6.07, 6.45) is 1.55. The smallest absolute Gasteiger partial charge is 0.193 e. The summed E-state index contributed by atoms with van der Waals surface area (Å²) >= 11 is 0. The summed E-state index contributed by atoms with van der Waals surface area (Å²) in [6, 6.07) is 0. The average Bonchev–Trinajstić information content (AvgIpc) is 2.58. The van der Waals surface area contributed by atoms with Crippen LogP contribution in [0.2, 0.25) is 0 Å². The maximum Gasteiger partial charge on any atom is 0.193 e. The maximum atomic E-state index is 5.18. The van der Waals surface area contributed by atoms with E-state index in [9.17, 15) is 0 Å². The van der Waals surface area contributed by atoms with Crippen molar-refractivity contribution in [2.45, 2.75) is 0 Å². The molecule has 0 amide bonds. The van der Waals surface area contributed by atoms with Gasteiger partial charge in [0.05, 0.1) is 13.2 Å². The third-order valence-electron chi connectivity index (χ3n) is 1.68. The minimum Gasteiger partial charge on any atom is -0.378 e. The van der Waals surface area contributed by atoms with Crippen LogP contribution in [0.25, 0.3) is 0 Å². The van der Waals surface area contributed by atoms with Crippen LogP contribution in [0.3, 0.4) is 0 Å². The van der Waals surface area contributed by atoms with Crippen molar-refractivity contribution in [2.75, 3.05) is 31.2 Å². The van der Waals surface area contributed by atoms with Crippen molar-refractivity contribution in [1.29, 1.82) is 0 Å². The minimum atomic E-state index is 0. The second kappa shape index (κ2) is 4.27. The molecule has 2 heterocycles. The summed E-state index contributed by atoms with van der Waals surface area (Å²) in [5.41, 5.74) is 0. The SMILES string of the molecule is Cl.c1onnc1N1CCOCC1. The topological polar surface area (TPSA) is 51.4 Å². The summed E-state index contributed by atoms with van der Waals surface area (Å²) in [4.78, 5) is 2.08. The van der Waals surface area contributed by atoms with Crippen molar-refractivity contribution in [3.8, 4) is 0 Å². The van der Waals surface area contributed by atoms with Gasteiger partial charge in [0.1, 0.15) is 0 Å². The van der Waals surface area contributed by atoms with Crippen LogP contribution in [0.4, 0.5) is 5.82 Å². The molecule has 0 saturated carbocycles. The standard InChI is InChI=1S/C6H9N3O2.ClH/c1-3-10-4-2-9(1)6-5-11-8-7-6;/h5H,1-4H2;1H. The molecule has 0 unspecified atom stereocenters. The Morgan fingerprint density at radius 1 is 1.33 bits per heavy atom. The molecule has 1 aromatic heterocycles. The van der Waals surface area contributed by atoms with Crippen molar-refractivity contribution in [1.82, 2.24) is 10.4 Å². The van der Waals surface area contributed by atoms with Crippen molar-refractivity contribution < 1.29 is 9.26 Å². The average molecular weight is 192 g/mol. The van der Waals surface area contributed by atoms with Crippen LogP contribution in [-0.2, 0) is 4.74 Å². The maximum absolute atomic E-state index is 5.18. The number of hydrogen-bond acceptors (Lipinski definition) is 5. The Morgan fingerprint density at radius 3 is 2.67 bits per heavy atom. The van der Waals surface area contributed by atoms with Crippen molar-refractivity contribution in [3.63, 3.8) is 0 Å². The second-order valence-electron chi connectivity index (χ2n) is 2.36. The quantitative estimate of drug-likeness (QED) is 0.640. The molecule has 1 saturated heterocycles. The van der Waals surface area contributed by atoms with Crippen LogP contribution in [-0.4, -0.2) is 36.7 Å². The van der Waals surface area contributed by atoms with Gasteiger partial charge in [0.2, 0.25) is 0 Å². The molecule has 68 valence electrons. The molecular weight excluding hydrogens is 182 g/mol. The minimum absolute atomic E-state index is 0. The van der Waals surface area contributed by atoms with E-state index in [1.165, 1.54) is 0 Å². The Hall–Kier alpha value is -0.810. The highest BCUT2D eigenvalue weighted by Gasteiger charge is 2.13. The fourth-order valence-corrected chi connectivity index (χ4v) is 1.09. The lowest BCUT2D eigenvalue weighted by Gasteiger charge is -2.25. The Kier molecular flexibility index (Phi) is 3.31. The molecule has 0 spiro atoms. The number of hydrogen-bond donors (Lipinski definition) is 0. The summed E-state index contributed by atoms with van der Waals surface area (Å²) in [6.45, 7) is 3.25. The van der Waals surface area contributed by atoms with E-state index < -0.39 is 0 Å². The summed E-state index contributed by atoms with van der Waals surface area (Å²) in [5, 5.41) is 7.18. The van der Waals surface area contributed by atoms with E-state index in [-0.39, 0.29) is 12.4 Å². The van der Waals surface area contributed by atoms with Crippen LogP contribution in [0.5, 0.6) is 0 Å². The number of morpholine rings is 1. The van der Waals surface area contributed by atoms with Gasteiger partial charge in [0.15, 0.2) is 12.1 Å². The Bertz CT molecular complexity index is 211. The van der Waals surface area contributed by atoms with Gasteiger partial charge in [-0.25, -0.2) is 0 Å². The lowest BCUT2D eigenvalue weighted by molar-refractivity contribution is 0.122. The van der Waals surface area contributed by atoms with Crippen molar-refractivity contribution >= 4 is 18.2 Å². The Labute approximate surface area is 76.1 Å². The number of halogens is 1. The van der Waals surface area contributed by atoms with Crippen molar-refractivity contribution in [3.05, 3.63) is 6.26 Å². The molecule has 0 atom stereocenters. The van der Waals surface area contributed by atoms with Gasteiger partial charge < -0.3 is 14.2 Å². The predicted octanol–water partition coefficient (Wildman–Crippen LogP) is 0.328. The molecule has 0 bridgehead atoms. The Morgan fingerprint density at radius 2 is 2.08 bits per heavy atom. The summed E-state index contributed by atoms with van der Waals surface area (Å²) in [5.74, 6) is 0.799. The van der Waals surface area contributed by atoms with E-state index in [4.69, 9.17) is 4.74 Å². The molecule has 6 heteroatoms. The molecule has 5 nitrogen and oxygen atoms in total. The molecule has 2 rings (SSSR count). The highest BCUT2D eigenvalue weighted by atomic mass is 35.5. The van der Waals surface area contributed by atoms with Crippen LogP contribution >= 0.6 is 12.4 Å². The highest BCUT2D eigenvalue weighted by Crippen LogP contribution is 2.09. The number of ether oxygens (including phenoxy) is 1. The zero-order chi connectivity index (χ0) is 7.52. The van der Waals surface area contributed by atoms with E-state index in [0.717, 1.165) is 32.1 Å². The normalized spacial score (nSPS) is 17.2. The zero-order valence-corrected chi connectivity index (χ0v) is 7.29. The number of rotatable bonds is 1. The lowest BCUT2D eigenvalue weighted by Crippen LogP contribution is -2.36. The van der Waals surface area contributed by atoms with Gasteiger partial charge >= 0.3 is 0 Å². The van der Waals surface area contributed by atoms with Crippen LogP contribution in [0.1, 0.15) is 0 Å². The summed E-state index contributed by atoms with van der Waals surface area (Å²) < 4.78 is 9.80. The highest BCUT2D eigenvalue weighted by molar-refractivity contribution is 5.85. The molecule has 1 aliphatic rings. The fraction of sp³-hybridized carbons (Fsp3) is 0.667. The first-order valence-electron chi connectivity index (χ1n) is 3.56. The van der Waals surface area contributed by atoms with Gasteiger partial charge in [0, 0.05) is 18.4 Å². The van der Waals surface area contributed by atoms with Crippen LogP contribution in [0.15, 0.2) is 10.8 Å². The monoisotopic (exact) mass is 191 g/mol. The Balaban J connectivity index is 0.000000720. The molecule has 1 aromatic rings. The first-order valence-corrected chi connectivity index (χ1v) is 3.56. The predicted molar refractivity (Wildman–Crippen MR) is 44.6 cm³/mol.